The Morgan fingerprint density at radius 3 is 2.14 bits per heavy atom. The molecule has 0 atom stereocenters. The fourth-order valence-electron chi connectivity index (χ4n) is 3.25. The Hall–Kier alpha value is -0.660. The Morgan fingerprint density at radius 1 is 1.10 bits per heavy atom. The minimum absolute atomic E-state index is 0.0121. The van der Waals surface area contributed by atoms with Gasteiger partial charge in [0.15, 0.2) is 0 Å². The highest BCUT2D eigenvalue weighted by molar-refractivity contribution is 7.88. The molecule has 122 valence electrons. The van der Waals surface area contributed by atoms with Gasteiger partial charge in [0.1, 0.15) is 0 Å². The molecule has 0 radical (unpaired) electrons. The third kappa shape index (κ3) is 4.40. The molecule has 0 aromatic rings. The topological polar surface area (TPSA) is 66.9 Å². The zero-order valence-corrected chi connectivity index (χ0v) is 13.8. The monoisotopic (exact) mass is 318 g/mol. The van der Waals surface area contributed by atoms with Crippen molar-refractivity contribution < 1.29 is 17.9 Å². The predicted octanol–water partition coefficient (Wildman–Crippen LogP) is 0.543. The minimum Gasteiger partial charge on any atom is -0.384 e. The molecule has 0 spiro atoms. The number of carbonyl (C=O) groups is 1. The van der Waals surface area contributed by atoms with Gasteiger partial charge in [-0.1, -0.05) is 0 Å². The number of hydrogen-bond donors (Lipinski definition) is 0. The maximum absolute atomic E-state index is 12.5. The van der Waals surface area contributed by atoms with Crippen molar-refractivity contribution in [2.45, 2.75) is 25.7 Å². The molecule has 0 aromatic carbocycles. The molecule has 0 aliphatic carbocycles. The average Bonchev–Trinajstić information content (AvgIpc) is 2.47. The number of methoxy groups -OCH3 is 1. The van der Waals surface area contributed by atoms with Gasteiger partial charge >= 0.3 is 0 Å². The number of rotatable bonds is 4. The van der Waals surface area contributed by atoms with Crippen LogP contribution in [0.1, 0.15) is 25.7 Å². The first-order valence-electron chi connectivity index (χ1n) is 7.64. The summed E-state index contributed by atoms with van der Waals surface area (Å²) in [6, 6.07) is 0. The van der Waals surface area contributed by atoms with Crippen LogP contribution in [0.4, 0.5) is 0 Å². The summed E-state index contributed by atoms with van der Waals surface area (Å²) in [4.78, 5) is 14.5. The first-order valence-corrected chi connectivity index (χ1v) is 9.49. The number of nitrogens with zero attached hydrogens (tertiary/aromatic N) is 2. The summed E-state index contributed by atoms with van der Waals surface area (Å²) in [5.41, 5.74) is 0. The second kappa shape index (κ2) is 7.07. The van der Waals surface area contributed by atoms with Gasteiger partial charge in [0, 0.05) is 45.8 Å². The van der Waals surface area contributed by atoms with Crippen molar-refractivity contribution in [1.82, 2.24) is 9.21 Å². The molecular formula is C14H26N2O4S. The maximum atomic E-state index is 12.5. The van der Waals surface area contributed by atoms with E-state index >= 15 is 0 Å². The van der Waals surface area contributed by atoms with E-state index in [-0.39, 0.29) is 11.8 Å². The van der Waals surface area contributed by atoms with Gasteiger partial charge in [-0.2, -0.15) is 0 Å². The van der Waals surface area contributed by atoms with E-state index < -0.39 is 10.0 Å². The summed E-state index contributed by atoms with van der Waals surface area (Å²) < 4.78 is 29.6. The quantitative estimate of drug-likeness (QED) is 0.759. The Bertz CT molecular complexity index is 450. The van der Waals surface area contributed by atoms with Crippen LogP contribution in [0, 0.1) is 11.8 Å². The lowest BCUT2D eigenvalue weighted by Gasteiger charge is -2.36. The van der Waals surface area contributed by atoms with Crippen LogP contribution < -0.4 is 0 Å². The Labute approximate surface area is 127 Å². The van der Waals surface area contributed by atoms with Crippen molar-refractivity contribution in [3.8, 4) is 0 Å². The van der Waals surface area contributed by atoms with Crippen molar-refractivity contribution >= 4 is 15.9 Å². The maximum Gasteiger partial charge on any atom is 0.225 e. The molecule has 0 saturated carbocycles. The third-order valence-electron chi connectivity index (χ3n) is 4.60. The summed E-state index contributed by atoms with van der Waals surface area (Å²) >= 11 is 0. The summed E-state index contributed by atoms with van der Waals surface area (Å²) in [6.45, 7) is 3.32. The van der Waals surface area contributed by atoms with Crippen LogP contribution in [0.15, 0.2) is 0 Å². The van der Waals surface area contributed by atoms with Crippen LogP contribution in [0.3, 0.4) is 0 Å². The van der Waals surface area contributed by atoms with E-state index in [9.17, 15) is 13.2 Å². The second-order valence-corrected chi connectivity index (χ2v) is 8.14. The van der Waals surface area contributed by atoms with Crippen LogP contribution in [0.2, 0.25) is 0 Å². The Kier molecular flexibility index (Phi) is 5.62. The van der Waals surface area contributed by atoms with E-state index in [4.69, 9.17) is 4.74 Å². The van der Waals surface area contributed by atoms with Crippen molar-refractivity contribution in [2.75, 3.05) is 46.2 Å². The van der Waals surface area contributed by atoms with E-state index in [0.29, 0.717) is 31.8 Å². The number of sulfonamides is 1. The zero-order chi connectivity index (χ0) is 15.5. The molecule has 21 heavy (non-hydrogen) atoms. The molecule has 0 N–H and O–H groups in total. The second-order valence-electron chi connectivity index (χ2n) is 6.16. The minimum atomic E-state index is -3.12. The van der Waals surface area contributed by atoms with Gasteiger partial charge in [0.25, 0.3) is 0 Å². The van der Waals surface area contributed by atoms with E-state index in [1.807, 2.05) is 4.90 Å². The van der Waals surface area contributed by atoms with Gasteiger partial charge in [-0.25, -0.2) is 12.7 Å². The Balaban J connectivity index is 1.80. The first kappa shape index (κ1) is 16.7. The van der Waals surface area contributed by atoms with Crippen molar-refractivity contribution in [3.05, 3.63) is 0 Å². The highest BCUT2D eigenvalue weighted by Crippen LogP contribution is 2.24. The zero-order valence-electron chi connectivity index (χ0n) is 13.0. The first-order chi connectivity index (χ1) is 9.91. The normalized spacial score (nSPS) is 23.4. The molecule has 0 aromatic heterocycles. The largest absolute Gasteiger partial charge is 0.384 e. The molecule has 1 amide bonds. The fraction of sp³-hybridized carbons (Fsp3) is 0.929. The van der Waals surface area contributed by atoms with E-state index in [0.717, 1.165) is 32.5 Å². The third-order valence-corrected chi connectivity index (χ3v) is 5.90. The van der Waals surface area contributed by atoms with Gasteiger partial charge in [0.05, 0.1) is 6.26 Å². The molecule has 7 heteroatoms. The molecule has 0 unspecified atom stereocenters. The lowest BCUT2D eigenvalue weighted by atomic mass is 9.93. The van der Waals surface area contributed by atoms with Crippen molar-refractivity contribution in [3.63, 3.8) is 0 Å². The molecule has 2 heterocycles. The number of ether oxygens (including phenoxy) is 1. The van der Waals surface area contributed by atoms with Crippen LogP contribution in [-0.2, 0) is 19.6 Å². The number of likely N-dealkylation sites (tertiary alicyclic amines) is 1. The highest BCUT2D eigenvalue weighted by atomic mass is 32.2. The van der Waals surface area contributed by atoms with E-state index in [2.05, 4.69) is 0 Å². The summed E-state index contributed by atoms with van der Waals surface area (Å²) in [6.07, 6.45) is 4.52. The number of amides is 1. The standard InChI is InChI=1S/C14H26N2O4S/c1-20-11-12-3-7-15(8-4-12)14(17)13-5-9-16(10-6-13)21(2,18)19/h12-13H,3-11H2,1-2H3. The van der Waals surface area contributed by atoms with Crippen molar-refractivity contribution in [1.29, 1.82) is 0 Å². The van der Waals surface area contributed by atoms with E-state index in [1.165, 1.54) is 10.6 Å². The molecule has 2 aliphatic heterocycles. The molecule has 2 fully saturated rings. The number of piperidine rings is 2. The summed E-state index contributed by atoms with van der Waals surface area (Å²) in [5.74, 6) is 0.757. The molecule has 6 nitrogen and oxygen atoms in total. The van der Waals surface area contributed by atoms with Gasteiger partial charge < -0.3 is 9.64 Å². The smallest absolute Gasteiger partial charge is 0.225 e. The molecular weight excluding hydrogens is 292 g/mol. The van der Waals surface area contributed by atoms with Crippen LogP contribution in [0.25, 0.3) is 0 Å². The number of hydrogen-bond acceptors (Lipinski definition) is 4. The highest BCUT2D eigenvalue weighted by Gasteiger charge is 2.32. The van der Waals surface area contributed by atoms with Crippen LogP contribution in [0.5, 0.6) is 0 Å². The predicted molar refractivity (Wildman–Crippen MR) is 80.3 cm³/mol. The molecule has 2 rings (SSSR count). The summed E-state index contributed by atoms with van der Waals surface area (Å²) in [7, 11) is -1.40. The SMILES string of the molecule is COCC1CCN(C(=O)C2CCN(S(C)(=O)=O)CC2)CC1. The van der Waals surface area contributed by atoms with Gasteiger partial charge in [-0.15, -0.1) is 0 Å². The fourth-order valence-corrected chi connectivity index (χ4v) is 4.12. The van der Waals surface area contributed by atoms with Gasteiger partial charge in [0.2, 0.25) is 15.9 Å². The van der Waals surface area contributed by atoms with Crippen LogP contribution in [-0.4, -0.2) is 69.7 Å². The van der Waals surface area contributed by atoms with Gasteiger partial charge in [-0.05, 0) is 31.6 Å². The van der Waals surface area contributed by atoms with Gasteiger partial charge in [-0.3, -0.25) is 4.79 Å². The lowest BCUT2D eigenvalue weighted by molar-refractivity contribution is -0.138. The average molecular weight is 318 g/mol. The lowest BCUT2D eigenvalue weighted by Crippen LogP contribution is -2.46. The van der Waals surface area contributed by atoms with E-state index in [1.54, 1.807) is 7.11 Å². The molecule has 2 aliphatic rings. The number of carbonyl (C=O) groups excluding carboxylic acids is 1. The molecule has 2 saturated heterocycles. The Morgan fingerprint density at radius 2 is 1.67 bits per heavy atom. The van der Waals surface area contributed by atoms with Crippen LogP contribution >= 0.6 is 0 Å². The van der Waals surface area contributed by atoms with Crippen molar-refractivity contribution in [2.24, 2.45) is 11.8 Å². The summed E-state index contributed by atoms with van der Waals surface area (Å²) in [5, 5.41) is 0. The molecule has 0 bridgehead atoms.